The molecule has 0 radical (unpaired) electrons. The van der Waals surface area contributed by atoms with Crippen molar-refractivity contribution in [3.05, 3.63) is 28.8 Å². The molecule has 3 nitrogen and oxygen atoms in total. The van der Waals surface area contributed by atoms with Crippen LogP contribution in [-0.2, 0) is 6.54 Å². The van der Waals surface area contributed by atoms with E-state index >= 15 is 0 Å². The van der Waals surface area contributed by atoms with Crippen molar-refractivity contribution in [2.45, 2.75) is 20.4 Å². The summed E-state index contributed by atoms with van der Waals surface area (Å²) >= 11 is 0. The molecule has 3 N–H and O–H groups in total. The molecule has 1 aromatic carbocycles. The second kappa shape index (κ2) is 3.56. The highest BCUT2D eigenvalue weighted by Gasteiger charge is 2.01. The molecular formula is C9H13NO2. The van der Waals surface area contributed by atoms with Crippen LogP contribution in [-0.4, -0.2) is 10.3 Å². The Hall–Kier alpha value is -1.06. The maximum atomic E-state index is 9.31. The molecule has 0 bridgehead atoms. The molecule has 0 spiro atoms. The summed E-state index contributed by atoms with van der Waals surface area (Å²) in [5.74, 6) is 0.300. The molecule has 0 unspecified atom stereocenters. The second-order valence-electron chi connectivity index (χ2n) is 2.90. The van der Waals surface area contributed by atoms with Crippen LogP contribution < -0.4 is 5.48 Å². The lowest BCUT2D eigenvalue weighted by molar-refractivity contribution is 0.161. The van der Waals surface area contributed by atoms with E-state index in [1.165, 1.54) is 0 Å². The second-order valence-corrected chi connectivity index (χ2v) is 2.90. The predicted molar refractivity (Wildman–Crippen MR) is 46.2 cm³/mol. The van der Waals surface area contributed by atoms with Gasteiger partial charge in [-0.25, -0.2) is 5.48 Å². The van der Waals surface area contributed by atoms with Crippen LogP contribution in [0.4, 0.5) is 0 Å². The molecule has 12 heavy (non-hydrogen) atoms. The van der Waals surface area contributed by atoms with Gasteiger partial charge in [0.15, 0.2) is 0 Å². The highest BCUT2D eigenvalue weighted by atomic mass is 16.5. The van der Waals surface area contributed by atoms with Gasteiger partial charge in [0, 0.05) is 6.54 Å². The summed E-state index contributed by atoms with van der Waals surface area (Å²) in [7, 11) is 0. The highest BCUT2D eigenvalue weighted by molar-refractivity contribution is 5.40. The zero-order valence-corrected chi connectivity index (χ0v) is 7.26. The molecule has 0 saturated carbocycles. The summed E-state index contributed by atoms with van der Waals surface area (Å²) in [6, 6.07) is 3.55. The smallest absolute Gasteiger partial charge is 0.118 e. The van der Waals surface area contributed by atoms with Gasteiger partial charge in [0.1, 0.15) is 5.75 Å². The number of aromatic hydroxyl groups is 1. The zero-order chi connectivity index (χ0) is 9.14. The van der Waals surface area contributed by atoms with Crippen LogP contribution in [0.1, 0.15) is 16.7 Å². The number of phenolic OH excluding ortho intramolecular Hbond substituents is 1. The van der Waals surface area contributed by atoms with Crippen LogP contribution in [0.5, 0.6) is 5.75 Å². The largest absolute Gasteiger partial charge is 0.508 e. The van der Waals surface area contributed by atoms with Gasteiger partial charge in [-0.15, -0.1) is 0 Å². The summed E-state index contributed by atoms with van der Waals surface area (Å²) in [5, 5.41) is 17.8. The standard InChI is InChI=1S/C9H13NO2/c1-6-4-9(11)7(2)3-8(6)5-10-12/h3-4,10-12H,5H2,1-2H3. The van der Waals surface area contributed by atoms with Gasteiger partial charge < -0.3 is 10.3 Å². The third-order valence-corrected chi connectivity index (χ3v) is 1.92. The fourth-order valence-corrected chi connectivity index (χ4v) is 1.14. The highest BCUT2D eigenvalue weighted by Crippen LogP contribution is 2.20. The van der Waals surface area contributed by atoms with E-state index in [-0.39, 0.29) is 0 Å². The van der Waals surface area contributed by atoms with Crippen molar-refractivity contribution in [2.24, 2.45) is 0 Å². The molecule has 66 valence electrons. The van der Waals surface area contributed by atoms with Gasteiger partial charge in [-0.1, -0.05) is 6.07 Å². The Bertz CT molecular complexity index is 284. The first-order valence-electron chi connectivity index (χ1n) is 3.81. The number of hydrogen-bond acceptors (Lipinski definition) is 3. The van der Waals surface area contributed by atoms with E-state index in [0.29, 0.717) is 12.3 Å². The van der Waals surface area contributed by atoms with Crippen molar-refractivity contribution in [2.75, 3.05) is 0 Å². The Balaban J connectivity index is 3.05. The molecule has 0 aromatic heterocycles. The lowest BCUT2D eigenvalue weighted by Gasteiger charge is -2.07. The summed E-state index contributed by atoms with van der Waals surface area (Å²) in [6.45, 7) is 4.13. The van der Waals surface area contributed by atoms with Gasteiger partial charge in [-0.2, -0.15) is 0 Å². The number of nitrogens with one attached hydrogen (secondary N) is 1. The van der Waals surface area contributed by atoms with Crippen LogP contribution in [0, 0.1) is 13.8 Å². The molecular weight excluding hydrogens is 154 g/mol. The molecule has 3 heteroatoms. The average Bonchev–Trinajstić information content (AvgIpc) is 2.01. The molecule has 0 fully saturated rings. The zero-order valence-electron chi connectivity index (χ0n) is 7.26. The minimum Gasteiger partial charge on any atom is -0.508 e. The van der Waals surface area contributed by atoms with Crippen molar-refractivity contribution in [1.82, 2.24) is 5.48 Å². The van der Waals surface area contributed by atoms with Crippen molar-refractivity contribution < 1.29 is 10.3 Å². The Labute approximate surface area is 71.6 Å². The number of hydrogen-bond donors (Lipinski definition) is 3. The SMILES string of the molecule is Cc1cc(CNO)c(C)cc1O. The first-order valence-corrected chi connectivity index (χ1v) is 3.81. The van der Waals surface area contributed by atoms with E-state index in [4.69, 9.17) is 5.21 Å². The van der Waals surface area contributed by atoms with E-state index in [1.54, 1.807) is 6.07 Å². The van der Waals surface area contributed by atoms with Crippen LogP contribution >= 0.6 is 0 Å². The van der Waals surface area contributed by atoms with Gasteiger partial charge in [-0.3, -0.25) is 0 Å². The predicted octanol–water partition coefficient (Wildman–Crippen LogP) is 1.49. The number of rotatable bonds is 2. The molecule has 0 saturated heterocycles. The van der Waals surface area contributed by atoms with Gasteiger partial charge >= 0.3 is 0 Å². The third kappa shape index (κ3) is 1.75. The molecule has 0 heterocycles. The number of hydroxylamine groups is 1. The quantitative estimate of drug-likeness (QED) is 0.585. The minimum atomic E-state index is 0.300. The van der Waals surface area contributed by atoms with Crippen LogP contribution in [0.2, 0.25) is 0 Å². The molecule has 1 aromatic rings. The molecule has 0 aliphatic heterocycles. The van der Waals surface area contributed by atoms with Crippen LogP contribution in [0.25, 0.3) is 0 Å². The van der Waals surface area contributed by atoms with Crippen LogP contribution in [0.15, 0.2) is 12.1 Å². The van der Waals surface area contributed by atoms with Crippen molar-refractivity contribution in [1.29, 1.82) is 0 Å². The lowest BCUT2D eigenvalue weighted by atomic mass is 10.1. The number of phenols is 1. The Morgan fingerprint density at radius 3 is 2.50 bits per heavy atom. The van der Waals surface area contributed by atoms with E-state index in [1.807, 2.05) is 19.9 Å². The summed E-state index contributed by atoms with van der Waals surface area (Å²) < 4.78 is 0. The fourth-order valence-electron chi connectivity index (χ4n) is 1.14. The topological polar surface area (TPSA) is 52.5 Å². The molecule has 0 aliphatic rings. The van der Waals surface area contributed by atoms with Gasteiger partial charge in [-0.05, 0) is 36.6 Å². The van der Waals surface area contributed by atoms with Crippen molar-refractivity contribution in [3.63, 3.8) is 0 Å². The Morgan fingerprint density at radius 2 is 1.92 bits per heavy atom. The third-order valence-electron chi connectivity index (χ3n) is 1.92. The van der Waals surface area contributed by atoms with Crippen molar-refractivity contribution >= 4 is 0 Å². The van der Waals surface area contributed by atoms with E-state index in [0.717, 1.165) is 16.7 Å². The maximum Gasteiger partial charge on any atom is 0.118 e. The molecule has 0 aliphatic carbocycles. The summed E-state index contributed by atoms with van der Waals surface area (Å²) in [5.41, 5.74) is 4.88. The summed E-state index contributed by atoms with van der Waals surface area (Å²) in [6.07, 6.45) is 0. The van der Waals surface area contributed by atoms with Crippen LogP contribution in [0.3, 0.4) is 0 Å². The number of aryl methyl sites for hydroxylation is 2. The molecule has 0 atom stereocenters. The van der Waals surface area contributed by atoms with E-state index in [2.05, 4.69) is 5.48 Å². The van der Waals surface area contributed by atoms with Gasteiger partial charge in [0.25, 0.3) is 0 Å². The Kier molecular flexibility index (Phi) is 2.68. The van der Waals surface area contributed by atoms with Gasteiger partial charge in [0.05, 0.1) is 0 Å². The minimum absolute atomic E-state index is 0.300. The normalized spacial score (nSPS) is 10.2. The first-order chi connectivity index (χ1) is 5.65. The maximum absolute atomic E-state index is 9.31. The first kappa shape index (κ1) is 9.03. The summed E-state index contributed by atoms with van der Waals surface area (Å²) in [4.78, 5) is 0. The Morgan fingerprint density at radius 1 is 1.25 bits per heavy atom. The number of benzene rings is 1. The fraction of sp³-hybridized carbons (Fsp3) is 0.333. The molecule has 0 amide bonds. The van der Waals surface area contributed by atoms with Gasteiger partial charge in [0.2, 0.25) is 0 Å². The van der Waals surface area contributed by atoms with E-state index < -0.39 is 0 Å². The average molecular weight is 167 g/mol. The lowest BCUT2D eigenvalue weighted by Crippen LogP contribution is -2.07. The monoisotopic (exact) mass is 167 g/mol. The molecule has 1 rings (SSSR count). The van der Waals surface area contributed by atoms with Crippen molar-refractivity contribution in [3.8, 4) is 5.75 Å². The van der Waals surface area contributed by atoms with E-state index in [9.17, 15) is 5.11 Å².